The smallest absolute Gasteiger partial charge is 0.281 e. The first-order chi connectivity index (χ1) is 14.3. The molecule has 2 heterocycles. The fourth-order valence-electron chi connectivity index (χ4n) is 3.40. The molecule has 1 N–H and O–H groups in total. The molecule has 0 aliphatic carbocycles. The van der Waals surface area contributed by atoms with E-state index in [4.69, 9.17) is 16.3 Å². The second kappa shape index (κ2) is 7.46. The number of benzene rings is 2. The van der Waals surface area contributed by atoms with Crippen LogP contribution >= 0.6 is 11.6 Å². The molecular weight excluding hydrogens is 416 g/mol. The van der Waals surface area contributed by atoms with Crippen molar-refractivity contribution < 1.29 is 13.5 Å². The lowest BCUT2D eigenvalue weighted by Crippen LogP contribution is -2.25. The number of hydrogen-bond donors (Lipinski definition) is 1. The van der Waals surface area contributed by atoms with Crippen LogP contribution in [-0.4, -0.2) is 14.3 Å². The molecule has 1 atom stereocenters. The van der Waals surface area contributed by atoms with Gasteiger partial charge in [-0.1, -0.05) is 23.7 Å². The van der Waals surface area contributed by atoms with Crippen molar-refractivity contribution in [3.05, 3.63) is 91.6 Å². The first kappa shape index (κ1) is 19.9. The van der Waals surface area contributed by atoms with E-state index in [0.29, 0.717) is 16.2 Å². The highest BCUT2D eigenvalue weighted by atomic mass is 35.5. The van der Waals surface area contributed by atoms with E-state index >= 15 is 0 Å². The van der Waals surface area contributed by atoms with Crippen LogP contribution in [0.5, 0.6) is 5.75 Å². The van der Waals surface area contributed by atoms with Crippen molar-refractivity contribution in [2.24, 2.45) is 7.05 Å². The van der Waals surface area contributed by atoms with Gasteiger partial charge in [0.2, 0.25) is 0 Å². The highest BCUT2D eigenvalue weighted by Crippen LogP contribution is 2.27. The number of aromatic nitrogens is 3. The number of H-pyrrole nitrogens is 1. The van der Waals surface area contributed by atoms with Crippen LogP contribution in [0.1, 0.15) is 18.7 Å². The quantitative estimate of drug-likeness (QED) is 0.529. The molecule has 0 bridgehead atoms. The summed E-state index contributed by atoms with van der Waals surface area (Å²) in [5.74, 6) is -2.00. The Hall–Kier alpha value is -3.39. The molecule has 2 aromatic heterocycles. The maximum atomic E-state index is 13.5. The van der Waals surface area contributed by atoms with E-state index in [9.17, 15) is 18.4 Å². The van der Waals surface area contributed by atoms with Crippen molar-refractivity contribution >= 4 is 22.5 Å². The summed E-state index contributed by atoms with van der Waals surface area (Å²) >= 11 is 6.22. The summed E-state index contributed by atoms with van der Waals surface area (Å²) in [7, 11) is 1.51. The molecule has 0 spiro atoms. The average Bonchev–Trinajstić information content (AvgIpc) is 3.01. The molecule has 6 nitrogen and oxygen atoms in total. The van der Waals surface area contributed by atoms with Crippen LogP contribution in [0.2, 0.25) is 5.02 Å². The number of aromatic amines is 1. The maximum Gasteiger partial charge on any atom is 0.281 e. The van der Waals surface area contributed by atoms with Crippen LogP contribution in [0.3, 0.4) is 0 Å². The zero-order valence-electron chi connectivity index (χ0n) is 15.9. The predicted octanol–water partition coefficient (Wildman–Crippen LogP) is 4.09. The average molecular weight is 432 g/mol. The van der Waals surface area contributed by atoms with Gasteiger partial charge in [0.05, 0.1) is 27.3 Å². The van der Waals surface area contributed by atoms with E-state index in [1.165, 1.54) is 28.4 Å². The number of nitrogens with one attached hydrogen (secondary N) is 1. The molecule has 0 fully saturated rings. The van der Waals surface area contributed by atoms with Crippen molar-refractivity contribution in [3.63, 3.8) is 0 Å². The zero-order valence-corrected chi connectivity index (χ0v) is 16.7. The molecule has 0 saturated carbocycles. The Labute approximate surface area is 173 Å². The Morgan fingerprint density at radius 3 is 2.50 bits per heavy atom. The molecule has 0 aliphatic rings. The lowest BCUT2D eigenvalue weighted by atomic mass is 10.1. The standard InChI is InChI=1S/C21H16ClF2N3O3/c1-11(30-12-7-8-14(23)15(24)9-12)20-19-16(10-18(28)26(20)2)25-27(21(19)29)17-6-4-3-5-13(17)22/h3-11,25H,1-2H3. The minimum Gasteiger partial charge on any atom is -0.484 e. The fourth-order valence-corrected chi connectivity index (χ4v) is 3.62. The summed E-state index contributed by atoms with van der Waals surface area (Å²) < 4.78 is 35.0. The molecular formula is C21H16ClF2N3O3. The summed E-state index contributed by atoms with van der Waals surface area (Å²) in [6.45, 7) is 1.61. The highest BCUT2D eigenvalue weighted by molar-refractivity contribution is 6.32. The van der Waals surface area contributed by atoms with Crippen molar-refractivity contribution in [1.29, 1.82) is 0 Å². The Kier molecular flexibility index (Phi) is 4.95. The monoisotopic (exact) mass is 431 g/mol. The van der Waals surface area contributed by atoms with Crippen molar-refractivity contribution in [3.8, 4) is 11.4 Å². The number of ether oxygens (including phenoxy) is 1. The van der Waals surface area contributed by atoms with Gasteiger partial charge in [-0.25, -0.2) is 13.5 Å². The van der Waals surface area contributed by atoms with Gasteiger partial charge in [0, 0.05) is 19.2 Å². The molecule has 2 aromatic carbocycles. The van der Waals surface area contributed by atoms with Crippen molar-refractivity contribution in [2.75, 3.05) is 0 Å². The van der Waals surface area contributed by atoms with Gasteiger partial charge in [0.25, 0.3) is 11.1 Å². The number of hydrogen-bond acceptors (Lipinski definition) is 3. The van der Waals surface area contributed by atoms with Crippen LogP contribution < -0.4 is 15.9 Å². The van der Waals surface area contributed by atoms with Gasteiger partial charge in [0.1, 0.15) is 11.9 Å². The van der Waals surface area contributed by atoms with Crippen molar-refractivity contribution in [1.82, 2.24) is 14.3 Å². The van der Waals surface area contributed by atoms with E-state index in [2.05, 4.69) is 5.10 Å². The van der Waals surface area contributed by atoms with Crippen LogP contribution in [0, 0.1) is 11.6 Å². The zero-order chi connectivity index (χ0) is 21.6. The van der Waals surface area contributed by atoms with E-state index in [-0.39, 0.29) is 22.4 Å². The third-order valence-corrected chi connectivity index (χ3v) is 5.14. The summed E-state index contributed by atoms with van der Waals surface area (Å²) in [5, 5.41) is 3.49. The number of para-hydroxylation sites is 1. The van der Waals surface area contributed by atoms with E-state index in [0.717, 1.165) is 12.1 Å². The second-order valence-corrected chi connectivity index (χ2v) is 7.16. The largest absolute Gasteiger partial charge is 0.484 e. The summed E-state index contributed by atoms with van der Waals surface area (Å²) in [4.78, 5) is 25.7. The fraction of sp³-hybridized carbons (Fsp3) is 0.143. The molecule has 30 heavy (non-hydrogen) atoms. The van der Waals surface area contributed by atoms with Gasteiger partial charge in [-0.2, -0.15) is 0 Å². The molecule has 154 valence electrons. The highest BCUT2D eigenvalue weighted by Gasteiger charge is 2.22. The van der Waals surface area contributed by atoms with Gasteiger partial charge < -0.3 is 9.30 Å². The van der Waals surface area contributed by atoms with Gasteiger partial charge >= 0.3 is 0 Å². The van der Waals surface area contributed by atoms with E-state index in [1.807, 2.05) is 0 Å². The Morgan fingerprint density at radius 1 is 1.07 bits per heavy atom. The van der Waals surface area contributed by atoms with Gasteiger partial charge in [0.15, 0.2) is 11.6 Å². The lowest BCUT2D eigenvalue weighted by molar-refractivity contribution is 0.217. The third-order valence-electron chi connectivity index (χ3n) is 4.82. The molecule has 0 aliphatic heterocycles. The normalized spacial score (nSPS) is 12.3. The maximum absolute atomic E-state index is 13.5. The summed E-state index contributed by atoms with van der Waals surface area (Å²) in [5.41, 5.74) is 0.221. The third kappa shape index (κ3) is 3.29. The molecule has 4 aromatic rings. The first-order valence-electron chi connectivity index (χ1n) is 8.99. The molecule has 4 rings (SSSR count). The summed E-state index contributed by atoms with van der Waals surface area (Å²) in [6, 6.07) is 11.2. The Balaban J connectivity index is 1.89. The van der Waals surface area contributed by atoms with Crippen molar-refractivity contribution in [2.45, 2.75) is 13.0 Å². The molecule has 0 saturated heterocycles. The SMILES string of the molecule is CC(Oc1ccc(F)c(F)c1)c1c2c(=O)n(-c3ccccc3Cl)[nH]c2cc(=O)n1C. The topological polar surface area (TPSA) is 69.0 Å². The summed E-state index contributed by atoms with van der Waals surface area (Å²) in [6.07, 6.45) is -0.820. The van der Waals surface area contributed by atoms with Gasteiger partial charge in [-0.15, -0.1) is 0 Å². The first-order valence-corrected chi connectivity index (χ1v) is 9.37. The Morgan fingerprint density at radius 2 is 1.80 bits per heavy atom. The molecule has 9 heteroatoms. The van der Waals surface area contributed by atoms with E-state index in [1.54, 1.807) is 31.2 Å². The number of fused-ring (bicyclic) bond motifs is 1. The van der Waals surface area contributed by atoms with Crippen LogP contribution in [-0.2, 0) is 7.05 Å². The molecule has 1 unspecified atom stereocenters. The lowest BCUT2D eigenvalue weighted by Gasteiger charge is -2.18. The minimum absolute atomic E-state index is 0.0628. The number of halogens is 3. The van der Waals surface area contributed by atoms with E-state index < -0.39 is 23.3 Å². The second-order valence-electron chi connectivity index (χ2n) is 6.76. The minimum atomic E-state index is -1.06. The number of pyridine rings is 1. The van der Waals surface area contributed by atoms with Gasteiger partial charge in [-0.05, 0) is 31.2 Å². The molecule has 0 radical (unpaired) electrons. The Bertz CT molecular complexity index is 1390. The van der Waals surface area contributed by atoms with Crippen LogP contribution in [0.15, 0.2) is 58.1 Å². The van der Waals surface area contributed by atoms with Crippen LogP contribution in [0.25, 0.3) is 16.6 Å². The number of rotatable bonds is 4. The molecule has 0 amide bonds. The predicted molar refractivity (Wildman–Crippen MR) is 110 cm³/mol. The van der Waals surface area contributed by atoms with Crippen LogP contribution in [0.4, 0.5) is 8.78 Å². The van der Waals surface area contributed by atoms with Gasteiger partial charge in [-0.3, -0.25) is 14.7 Å². The number of nitrogens with zero attached hydrogens (tertiary/aromatic N) is 2.